The van der Waals surface area contributed by atoms with Crippen molar-refractivity contribution in [3.05, 3.63) is 21.4 Å². The van der Waals surface area contributed by atoms with Gasteiger partial charge in [0.2, 0.25) is 0 Å². The maximum absolute atomic E-state index is 5.91. The highest BCUT2D eigenvalue weighted by Crippen LogP contribution is 2.34. The molecule has 1 aromatic rings. The summed E-state index contributed by atoms with van der Waals surface area (Å²) in [6.45, 7) is 2.99. The Morgan fingerprint density at radius 1 is 1.25 bits per heavy atom. The van der Waals surface area contributed by atoms with E-state index in [0.29, 0.717) is 6.10 Å². The summed E-state index contributed by atoms with van der Waals surface area (Å²) in [5.74, 6) is 0. The molecule has 0 amide bonds. The molecular weight excluding hydrogens is 218 g/mol. The smallest absolute Gasteiger partial charge is 0.104 e. The van der Waals surface area contributed by atoms with Gasteiger partial charge in [-0.2, -0.15) is 0 Å². The number of rotatable bonds is 1. The van der Waals surface area contributed by atoms with Gasteiger partial charge < -0.3 is 10.1 Å². The van der Waals surface area contributed by atoms with Crippen molar-refractivity contribution in [3.8, 4) is 0 Å². The zero-order chi connectivity index (χ0) is 10.8. The SMILES string of the molecule is c1c(C2CNCCCO2)sc2c1CCCC2. The molecule has 1 aliphatic heterocycles. The summed E-state index contributed by atoms with van der Waals surface area (Å²) in [7, 11) is 0. The molecule has 3 rings (SSSR count). The lowest BCUT2D eigenvalue weighted by Gasteiger charge is -2.12. The second kappa shape index (κ2) is 4.86. The van der Waals surface area contributed by atoms with E-state index in [1.807, 2.05) is 11.3 Å². The molecule has 16 heavy (non-hydrogen) atoms. The molecule has 0 spiro atoms. The Hall–Kier alpha value is -0.380. The normalized spacial score (nSPS) is 26.1. The third-order valence-corrected chi connectivity index (χ3v) is 4.81. The third-order valence-electron chi connectivity index (χ3n) is 3.48. The number of ether oxygens (including phenoxy) is 1. The maximum Gasteiger partial charge on any atom is 0.104 e. The number of hydrogen-bond donors (Lipinski definition) is 1. The zero-order valence-corrected chi connectivity index (χ0v) is 10.4. The fourth-order valence-corrected chi connectivity index (χ4v) is 3.88. The molecule has 1 atom stereocenters. The van der Waals surface area contributed by atoms with Gasteiger partial charge in [0.1, 0.15) is 6.10 Å². The van der Waals surface area contributed by atoms with Crippen molar-refractivity contribution in [1.29, 1.82) is 0 Å². The average molecular weight is 237 g/mol. The Kier molecular flexibility index (Phi) is 3.27. The van der Waals surface area contributed by atoms with Crippen LogP contribution >= 0.6 is 11.3 Å². The van der Waals surface area contributed by atoms with E-state index in [1.54, 1.807) is 10.4 Å². The second-order valence-electron chi connectivity index (χ2n) is 4.72. The van der Waals surface area contributed by atoms with Crippen LogP contribution in [0.5, 0.6) is 0 Å². The predicted octanol–water partition coefficient (Wildman–Crippen LogP) is 2.68. The van der Waals surface area contributed by atoms with E-state index < -0.39 is 0 Å². The largest absolute Gasteiger partial charge is 0.371 e. The van der Waals surface area contributed by atoms with E-state index in [4.69, 9.17) is 4.74 Å². The van der Waals surface area contributed by atoms with E-state index in [0.717, 1.165) is 26.1 Å². The molecule has 3 heteroatoms. The van der Waals surface area contributed by atoms with Gasteiger partial charge in [-0.3, -0.25) is 0 Å². The molecule has 1 aliphatic carbocycles. The predicted molar refractivity (Wildman–Crippen MR) is 67.1 cm³/mol. The van der Waals surface area contributed by atoms with Crippen LogP contribution in [0.4, 0.5) is 0 Å². The summed E-state index contributed by atoms with van der Waals surface area (Å²) in [5.41, 5.74) is 1.60. The lowest BCUT2D eigenvalue weighted by molar-refractivity contribution is 0.0693. The quantitative estimate of drug-likeness (QED) is 0.811. The number of nitrogens with one attached hydrogen (secondary N) is 1. The zero-order valence-electron chi connectivity index (χ0n) is 9.63. The molecule has 1 unspecified atom stereocenters. The molecule has 2 aliphatic rings. The van der Waals surface area contributed by atoms with Crippen LogP contribution in [0.2, 0.25) is 0 Å². The Morgan fingerprint density at radius 2 is 2.19 bits per heavy atom. The standard InChI is InChI=1S/C13H19NOS/c1-2-5-12-10(4-1)8-13(16-12)11-9-14-6-3-7-15-11/h8,11,14H,1-7,9H2. The Morgan fingerprint density at radius 3 is 3.12 bits per heavy atom. The summed E-state index contributed by atoms with van der Waals surface area (Å²) in [6.07, 6.45) is 6.76. The van der Waals surface area contributed by atoms with Gasteiger partial charge in [-0.1, -0.05) is 0 Å². The Labute approximate surface area is 101 Å². The fraction of sp³-hybridized carbons (Fsp3) is 0.692. The number of fused-ring (bicyclic) bond motifs is 1. The molecular formula is C13H19NOS. The fourth-order valence-electron chi connectivity index (χ4n) is 2.57. The van der Waals surface area contributed by atoms with Crippen molar-refractivity contribution < 1.29 is 4.74 Å². The van der Waals surface area contributed by atoms with E-state index in [9.17, 15) is 0 Å². The van der Waals surface area contributed by atoms with Crippen molar-refractivity contribution in [2.24, 2.45) is 0 Å². The summed E-state index contributed by atoms with van der Waals surface area (Å²) < 4.78 is 5.91. The van der Waals surface area contributed by atoms with Gasteiger partial charge in [0.25, 0.3) is 0 Å². The van der Waals surface area contributed by atoms with Crippen LogP contribution < -0.4 is 5.32 Å². The van der Waals surface area contributed by atoms with Crippen LogP contribution in [0.1, 0.15) is 40.7 Å². The van der Waals surface area contributed by atoms with Gasteiger partial charge in [0, 0.05) is 22.9 Å². The summed E-state index contributed by atoms with van der Waals surface area (Å²) in [6, 6.07) is 2.40. The lowest BCUT2D eigenvalue weighted by atomic mass is 9.99. The molecule has 0 aromatic carbocycles. The van der Waals surface area contributed by atoms with E-state index in [1.165, 1.54) is 30.6 Å². The maximum atomic E-state index is 5.91. The topological polar surface area (TPSA) is 21.3 Å². The van der Waals surface area contributed by atoms with Gasteiger partial charge in [-0.25, -0.2) is 0 Å². The lowest BCUT2D eigenvalue weighted by Crippen LogP contribution is -2.19. The Balaban J connectivity index is 1.79. The van der Waals surface area contributed by atoms with Gasteiger partial charge in [0.05, 0.1) is 0 Å². The molecule has 2 heterocycles. The third kappa shape index (κ3) is 2.17. The van der Waals surface area contributed by atoms with Crippen molar-refractivity contribution in [3.63, 3.8) is 0 Å². The number of aryl methyl sites for hydroxylation is 2. The first-order chi connectivity index (χ1) is 7.93. The van der Waals surface area contributed by atoms with Gasteiger partial charge in [0.15, 0.2) is 0 Å². The monoisotopic (exact) mass is 237 g/mol. The van der Waals surface area contributed by atoms with Crippen LogP contribution in [-0.4, -0.2) is 19.7 Å². The van der Waals surface area contributed by atoms with E-state index in [-0.39, 0.29) is 0 Å². The first-order valence-corrected chi connectivity index (χ1v) is 7.19. The molecule has 1 aromatic heterocycles. The molecule has 0 saturated carbocycles. The first kappa shape index (κ1) is 10.8. The molecule has 2 nitrogen and oxygen atoms in total. The van der Waals surface area contributed by atoms with Crippen LogP contribution in [0.25, 0.3) is 0 Å². The van der Waals surface area contributed by atoms with Gasteiger partial charge >= 0.3 is 0 Å². The molecule has 0 bridgehead atoms. The highest BCUT2D eigenvalue weighted by Gasteiger charge is 2.20. The average Bonchev–Trinajstić information content (AvgIpc) is 2.56. The summed E-state index contributed by atoms with van der Waals surface area (Å²) in [5, 5.41) is 3.46. The van der Waals surface area contributed by atoms with Crippen molar-refractivity contribution in [2.45, 2.75) is 38.2 Å². The van der Waals surface area contributed by atoms with Crippen LogP contribution in [-0.2, 0) is 17.6 Å². The summed E-state index contributed by atoms with van der Waals surface area (Å²) in [4.78, 5) is 3.07. The molecule has 0 radical (unpaired) electrons. The van der Waals surface area contributed by atoms with Crippen LogP contribution in [0.3, 0.4) is 0 Å². The van der Waals surface area contributed by atoms with E-state index in [2.05, 4.69) is 11.4 Å². The van der Waals surface area contributed by atoms with Crippen molar-refractivity contribution in [2.75, 3.05) is 19.7 Å². The van der Waals surface area contributed by atoms with Gasteiger partial charge in [-0.05, 0) is 50.3 Å². The minimum atomic E-state index is 0.304. The highest BCUT2D eigenvalue weighted by molar-refractivity contribution is 7.12. The molecule has 88 valence electrons. The minimum absolute atomic E-state index is 0.304. The first-order valence-electron chi connectivity index (χ1n) is 6.37. The Bertz CT molecular complexity index is 329. The molecule has 1 fully saturated rings. The summed E-state index contributed by atoms with van der Waals surface area (Å²) >= 11 is 1.99. The second-order valence-corrected chi connectivity index (χ2v) is 5.89. The van der Waals surface area contributed by atoms with Crippen LogP contribution in [0, 0.1) is 0 Å². The molecule has 1 saturated heterocycles. The molecule has 1 N–H and O–H groups in total. The van der Waals surface area contributed by atoms with Gasteiger partial charge in [-0.15, -0.1) is 11.3 Å². The number of thiophene rings is 1. The van der Waals surface area contributed by atoms with Crippen LogP contribution in [0.15, 0.2) is 6.07 Å². The van der Waals surface area contributed by atoms with Crippen molar-refractivity contribution in [1.82, 2.24) is 5.32 Å². The minimum Gasteiger partial charge on any atom is -0.371 e. The van der Waals surface area contributed by atoms with Crippen molar-refractivity contribution >= 4 is 11.3 Å². The highest BCUT2D eigenvalue weighted by atomic mass is 32.1. The van der Waals surface area contributed by atoms with E-state index >= 15 is 0 Å². The number of hydrogen-bond acceptors (Lipinski definition) is 3.